The van der Waals surface area contributed by atoms with Gasteiger partial charge in [0, 0.05) is 0 Å². The molecule has 0 aliphatic carbocycles. The minimum absolute atomic E-state index is 0.0645. The van der Waals surface area contributed by atoms with Crippen LogP contribution in [0.15, 0.2) is 59.5 Å². The van der Waals surface area contributed by atoms with Gasteiger partial charge in [-0.1, -0.05) is 41.7 Å². The van der Waals surface area contributed by atoms with Gasteiger partial charge in [0.1, 0.15) is 4.88 Å². The normalized spacial score (nSPS) is 11.0. The average Bonchev–Trinajstić information content (AvgIpc) is 3.02. The Morgan fingerprint density at radius 3 is 2.36 bits per heavy atom. The first kappa shape index (κ1) is 19.5. The smallest absolute Gasteiger partial charge is 0.267 e. The molecular weight excluding hydrogens is 400 g/mol. The van der Waals surface area contributed by atoms with Crippen LogP contribution in [0.25, 0.3) is 0 Å². The second-order valence-electron chi connectivity index (χ2n) is 5.72. The first-order valence-corrected chi connectivity index (χ1v) is 10.3. The van der Waals surface area contributed by atoms with Gasteiger partial charge in [-0.3, -0.25) is 14.3 Å². The molecule has 0 aliphatic rings. The Hall–Kier alpha value is -3.24. The molecule has 0 unspecified atom stereocenters. The highest BCUT2D eigenvalue weighted by Crippen LogP contribution is 2.26. The van der Waals surface area contributed by atoms with E-state index in [1.807, 2.05) is 0 Å². The summed E-state index contributed by atoms with van der Waals surface area (Å²) in [5.41, 5.74) is 6.10. The molecule has 8 nitrogen and oxygen atoms in total. The summed E-state index contributed by atoms with van der Waals surface area (Å²) in [5, 5.41) is 2.67. The van der Waals surface area contributed by atoms with Crippen molar-refractivity contribution in [2.75, 3.05) is 10.0 Å². The predicted molar refractivity (Wildman–Crippen MR) is 107 cm³/mol. The number of carbonyl (C=O) groups is 2. The number of nitrogens with zero attached hydrogens (tertiary/aromatic N) is 1. The van der Waals surface area contributed by atoms with Crippen molar-refractivity contribution < 1.29 is 18.0 Å². The maximum Gasteiger partial charge on any atom is 0.267 e. The summed E-state index contributed by atoms with van der Waals surface area (Å²) in [4.78, 5) is 28.5. The van der Waals surface area contributed by atoms with Crippen molar-refractivity contribution in [3.05, 3.63) is 70.7 Å². The maximum atomic E-state index is 12.6. The van der Waals surface area contributed by atoms with E-state index in [1.165, 1.54) is 18.2 Å². The molecule has 2 amide bonds. The van der Waals surface area contributed by atoms with Crippen LogP contribution >= 0.6 is 11.3 Å². The molecule has 3 aromatic rings. The van der Waals surface area contributed by atoms with Crippen LogP contribution < -0.4 is 15.8 Å². The zero-order valence-electron chi connectivity index (χ0n) is 14.7. The van der Waals surface area contributed by atoms with Crippen molar-refractivity contribution in [2.24, 2.45) is 5.73 Å². The molecule has 2 aromatic carbocycles. The first-order chi connectivity index (χ1) is 13.3. The molecule has 0 saturated carbocycles. The molecule has 3 rings (SSSR count). The third-order valence-corrected chi connectivity index (χ3v) is 6.27. The van der Waals surface area contributed by atoms with Crippen LogP contribution in [0.3, 0.4) is 0 Å². The van der Waals surface area contributed by atoms with Crippen LogP contribution in [0.5, 0.6) is 0 Å². The van der Waals surface area contributed by atoms with Crippen molar-refractivity contribution in [3.63, 3.8) is 0 Å². The summed E-state index contributed by atoms with van der Waals surface area (Å²) in [6.07, 6.45) is 0. The number of hydrogen-bond acceptors (Lipinski definition) is 6. The van der Waals surface area contributed by atoms with Gasteiger partial charge in [-0.05, 0) is 31.2 Å². The number of amides is 2. The highest BCUT2D eigenvalue weighted by Gasteiger charge is 2.21. The van der Waals surface area contributed by atoms with E-state index in [1.54, 1.807) is 43.3 Å². The minimum atomic E-state index is -3.81. The maximum absolute atomic E-state index is 12.6. The van der Waals surface area contributed by atoms with E-state index in [2.05, 4.69) is 15.0 Å². The fourth-order valence-electron chi connectivity index (χ4n) is 2.41. The molecule has 0 bridgehead atoms. The Kier molecular flexibility index (Phi) is 5.43. The van der Waals surface area contributed by atoms with E-state index < -0.39 is 21.8 Å². The van der Waals surface area contributed by atoms with E-state index in [0.717, 1.165) is 11.3 Å². The number of anilines is 2. The van der Waals surface area contributed by atoms with Crippen molar-refractivity contribution >= 4 is 44.0 Å². The molecule has 1 aromatic heterocycles. The largest absolute Gasteiger partial charge is 0.366 e. The van der Waals surface area contributed by atoms with Gasteiger partial charge in [-0.2, -0.15) is 0 Å². The topological polar surface area (TPSA) is 131 Å². The average molecular weight is 416 g/mol. The van der Waals surface area contributed by atoms with Gasteiger partial charge >= 0.3 is 0 Å². The number of thiazole rings is 1. The van der Waals surface area contributed by atoms with Crippen LogP contribution in [0.2, 0.25) is 0 Å². The van der Waals surface area contributed by atoms with Crippen LogP contribution in [-0.4, -0.2) is 25.2 Å². The van der Waals surface area contributed by atoms with Gasteiger partial charge in [0.2, 0.25) is 0 Å². The molecule has 10 heteroatoms. The molecule has 28 heavy (non-hydrogen) atoms. The molecule has 144 valence electrons. The minimum Gasteiger partial charge on any atom is -0.366 e. The van der Waals surface area contributed by atoms with Gasteiger partial charge in [-0.25, -0.2) is 13.4 Å². The van der Waals surface area contributed by atoms with E-state index >= 15 is 0 Å². The highest BCUT2D eigenvalue weighted by atomic mass is 32.2. The lowest BCUT2D eigenvalue weighted by Crippen LogP contribution is -2.18. The van der Waals surface area contributed by atoms with Crippen LogP contribution in [-0.2, 0) is 10.0 Å². The lowest BCUT2D eigenvalue weighted by Gasteiger charge is -2.07. The van der Waals surface area contributed by atoms with E-state index in [-0.39, 0.29) is 26.2 Å². The van der Waals surface area contributed by atoms with Crippen molar-refractivity contribution in [3.8, 4) is 0 Å². The van der Waals surface area contributed by atoms with Gasteiger partial charge in [0.05, 0.1) is 21.8 Å². The SMILES string of the molecule is Cc1nc(NS(=O)(=O)c2ccccc2)sc1C(=O)Nc1ccccc1C(N)=O. The summed E-state index contributed by atoms with van der Waals surface area (Å²) >= 11 is 0.893. The predicted octanol–water partition coefficient (Wildman–Crippen LogP) is 2.60. The molecule has 0 spiro atoms. The summed E-state index contributed by atoms with van der Waals surface area (Å²) in [6.45, 7) is 1.59. The second kappa shape index (κ2) is 7.79. The second-order valence-corrected chi connectivity index (χ2v) is 8.40. The molecule has 0 fully saturated rings. The van der Waals surface area contributed by atoms with Gasteiger partial charge in [-0.15, -0.1) is 0 Å². The fraction of sp³-hybridized carbons (Fsp3) is 0.0556. The van der Waals surface area contributed by atoms with Crippen molar-refractivity contribution in [2.45, 2.75) is 11.8 Å². The van der Waals surface area contributed by atoms with Crippen molar-refractivity contribution in [1.29, 1.82) is 0 Å². The monoisotopic (exact) mass is 416 g/mol. The molecule has 4 N–H and O–H groups in total. The number of para-hydroxylation sites is 1. The quantitative estimate of drug-likeness (QED) is 0.568. The number of sulfonamides is 1. The molecular formula is C18H16N4O4S2. The Morgan fingerprint density at radius 2 is 1.68 bits per heavy atom. The first-order valence-electron chi connectivity index (χ1n) is 8.03. The van der Waals surface area contributed by atoms with Gasteiger partial charge in [0.25, 0.3) is 21.8 Å². The molecule has 0 atom stereocenters. The Balaban J connectivity index is 1.83. The zero-order chi connectivity index (χ0) is 20.3. The Labute approximate surface area is 165 Å². The van der Waals surface area contributed by atoms with E-state index in [4.69, 9.17) is 5.73 Å². The number of aryl methyl sites for hydroxylation is 1. The number of carbonyl (C=O) groups excluding carboxylic acids is 2. The number of nitrogens with one attached hydrogen (secondary N) is 2. The number of benzene rings is 2. The molecule has 0 radical (unpaired) electrons. The lowest BCUT2D eigenvalue weighted by molar-refractivity contribution is 0.100. The Bertz CT molecular complexity index is 1140. The summed E-state index contributed by atoms with van der Waals surface area (Å²) in [5.74, 6) is -1.19. The molecule has 1 heterocycles. The van der Waals surface area contributed by atoms with Crippen LogP contribution in [0.1, 0.15) is 25.7 Å². The van der Waals surface area contributed by atoms with E-state index in [9.17, 15) is 18.0 Å². The third-order valence-electron chi connectivity index (χ3n) is 3.72. The number of aromatic nitrogens is 1. The summed E-state index contributed by atoms with van der Waals surface area (Å²) in [6, 6.07) is 14.2. The zero-order valence-corrected chi connectivity index (χ0v) is 16.3. The third kappa shape index (κ3) is 4.18. The number of rotatable bonds is 6. The molecule has 0 aliphatic heterocycles. The number of nitrogens with two attached hydrogens (primary N) is 1. The highest BCUT2D eigenvalue weighted by molar-refractivity contribution is 7.93. The van der Waals surface area contributed by atoms with Gasteiger partial charge < -0.3 is 11.1 Å². The van der Waals surface area contributed by atoms with Gasteiger partial charge in [0.15, 0.2) is 5.13 Å². The number of hydrogen-bond donors (Lipinski definition) is 3. The van der Waals surface area contributed by atoms with E-state index in [0.29, 0.717) is 5.69 Å². The number of primary amides is 1. The van der Waals surface area contributed by atoms with Crippen molar-refractivity contribution in [1.82, 2.24) is 4.98 Å². The standard InChI is InChI=1S/C18H16N4O4S2/c1-11-15(17(24)21-14-10-6-5-9-13(14)16(19)23)27-18(20-11)22-28(25,26)12-7-3-2-4-8-12/h2-10H,1H3,(H2,19,23)(H,20,22)(H,21,24). The fourth-order valence-corrected chi connectivity index (χ4v) is 4.53. The molecule has 0 saturated heterocycles. The summed E-state index contributed by atoms with van der Waals surface area (Å²) < 4.78 is 27.2. The van der Waals surface area contributed by atoms with Crippen LogP contribution in [0, 0.1) is 6.92 Å². The lowest BCUT2D eigenvalue weighted by atomic mass is 10.1. The summed E-state index contributed by atoms with van der Waals surface area (Å²) in [7, 11) is -3.81. The van der Waals surface area contributed by atoms with Crippen LogP contribution in [0.4, 0.5) is 10.8 Å². The Morgan fingerprint density at radius 1 is 1.04 bits per heavy atom.